The van der Waals surface area contributed by atoms with Crippen LogP contribution in [-0.4, -0.2) is 10.2 Å². The molecule has 0 aliphatic heterocycles. The molecule has 5 heteroatoms. The summed E-state index contributed by atoms with van der Waals surface area (Å²) >= 11 is 9.33. The van der Waals surface area contributed by atoms with Crippen LogP contribution in [0.4, 0.5) is 0 Å². The van der Waals surface area contributed by atoms with Gasteiger partial charge in [-0.25, -0.2) is 0 Å². The normalized spacial score (nSPS) is 10.6. The number of hydrogen-bond donors (Lipinski definition) is 0. The van der Waals surface area contributed by atoms with Gasteiger partial charge in [-0.2, -0.15) is 0 Å². The highest BCUT2D eigenvalue weighted by molar-refractivity contribution is 9.10. The Morgan fingerprint density at radius 2 is 1.58 bits per heavy atom. The summed E-state index contributed by atoms with van der Waals surface area (Å²) in [5.41, 5.74) is 1.72. The highest BCUT2D eigenvalue weighted by atomic mass is 79.9. The van der Waals surface area contributed by atoms with E-state index in [1.807, 2.05) is 42.5 Å². The Balaban J connectivity index is 1.99. The minimum absolute atomic E-state index is 0.469. The number of benzene rings is 2. The molecule has 0 aliphatic carbocycles. The van der Waals surface area contributed by atoms with E-state index < -0.39 is 0 Å². The molecule has 1 aromatic heterocycles. The number of halogens is 2. The molecule has 94 valence electrons. The van der Waals surface area contributed by atoms with Crippen molar-refractivity contribution in [3.63, 3.8) is 0 Å². The van der Waals surface area contributed by atoms with Gasteiger partial charge in [0.2, 0.25) is 11.8 Å². The second kappa shape index (κ2) is 5.15. The number of aromatic nitrogens is 2. The van der Waals surface area contributed by atoms with Crippen molar-refractivity contribution in [3.8, 4) is 22.9 Å². The van der Waals surface area contributed by atoms with Crippen LogP contribution in [0.3, 0.4) is 0 Å². The van der Waals surface area contributed by atoms with Crippen LogP contribution in [0.2, 0.25) is 5.02 Å². The average Bonchev–Trinajstić information content (AvgIpc) is 2.93. The van der Waals surface area contributed by atoms with E-state index >= 15 is 0 Å². The molecule has 2 aromatic carbocycles. The molecule has 1 heterocycles. The quantitative estimate of drug-likeness (QED) is 0.674. The molecule has 0 amide bonds. The van der Waals surface area contributed by atoms with Crippen molar-refractivity contribution in [1.82, 2.24) is 10.2 Å². The zero-order valence-electron chi connectivity index (χ0n) is 9.68. The molecule has 0 spiro atoms. The number of nitrogens with zero attached hydrogens (tertiary/aromatic N) is 2. The van der Waals surface area contributed by atoms with E-state index in [0.29, 0.717) is 16.8 Å². The van der Waals surface area contributed by atoms with Crippen molar-refractivity contribution >= 4 is 27.5 Å². The fraction of sp³-hybridized carbons (Fsp3) is 0. The fourth-order valence-corrected chi connectivity index (χ4v) is 2.16. The van der Waals surface area contributed by atoms with Crippen LogP contribution in [0.1, 0.15) is 0 Å². The van der Waals surface area contributed by atoms with Crippen molar-refractivity contribution in [2.24, 2.45) is 0 Å². The topological polar surface area (TPSA) is 38.9 Å². The van der Waals surface area contributed by atoms with Gasteiger partial charge in [0.05, 0.1) is 5.02 Å². The molecule has 0 unspecified atom stereocenters. The number of hydrogen-bond acceptors (Lipinski definition) is 3. The van der Waals surface area contributed by atoms with E-state index in [0.717, 1.165) is 15.6 Å². The first kappa shape index (κ1) is 12.4. The highest BCUT2D eigenvalue weighted by Gasteiger charge is 2.11. The Labute approximate surface area is 123 Å². The Kier molecular flexibility index (Phi) is 3.36. The highest BCUT2D eigenvalue weighted by Crippen LogP contribution is 2.29. The first-order chi connectivity index (χ1) is 9.24. The molecule has 3 aromatic rings. The van der Waals surface area contributed by atoms with Crippen molar-refractivity contribution in [2.45, 2.75) is 0 Å². The van der Waals surface area contributed by atoms with Crippen molar-refractivity contribution in [1.29, 1.82) is 0 Å². The van der Waals surface area contributed by atoms with Gasteiger partial charge in [0, 0.05) is 15.6 Å². The van der Waals surface area contributed by atoms with Crippen LogP contribution < -0.4 is 0 Å². The molecular weight excluding hydrogens is 328 g/mol. The Bertz CT molecular complexity index is 712. The lowest BCUT2D eigenvalue weighted by molar-refractivity contribution is 0.584. The summed E-state index contributed by atoms with van der Waals surface area (Å²) in [7, 11) is 0. The van der Waals surface area contributed by atoms with Gasteiger partial charge in [-0.15, -0.1) is 10.2 Å². The average molecular weight is 336 g/mol. The Morgan fingerprint density at radius 3 is 2.26 bits per heavy atom. The standard InChI is InChI=1S/C14H8BrClN2O/c15-11-8-10(6-7-12(11)16)14-18-17-13(19-14)9-4-2-1-3-5-9/h1-8H. The van der Waals surface area contributed by atoms with Crippen LogP contribution in [0.25, 0.3) is 22.9 Å². The molecule has 0 aliphatic rings. The van der Waals surface area contributed by atoms with E-state index in [4.69, 9.17) is 16.0 Å². The van der Waals surface area contributed by atoms with E-state index in [2.05, 4.69) is 26.1 Å². The second-order valence-corrected chi connectivity index (χ2v) is 5.17. The minimum Gasteiger partial charge on any atom is -0.416 e. The minimum atomic E-state index is 0.469. The Morgan fingerprint density at radius 1 is 0.895 bits per heavy atom. The maximum atomic E-state index is 5.96. The summed E-state index contributed by atoms with van der Waals surface area (Å²) in [6.07, 6.45) is 0. The predicted octanol–water partition coefficient (Wildman–Crippen LogP) is 4.82. The zero-order chi connectivity index (χ0) is 13.2. The van der Waals surface area contributed by atoms with Crippen LogP contribution in [0, 0.1) is 0 Å². The third kappa shape index (κ3) is 2.55. The molecule has 0 bridgehead atoms. The third-order valence-corrected chi connectivity index (χ3v) is 3.83. The monoisotopic (exact) mass is 334 g/mol. The fourth-order valence-electron chi connectivity index (χ4n) is 1.67. The van der Waals surface area contributed by atoms with Crippen molar-refractivity contribution in [2.75, 3.05) is 0 Å². The van der Waals surface area contributed by atoms with E-state index in [-0.39, 0.29) is 0 Å². The molecule has 0 atom stereocenters. The lowest BCUT2D eigenvalue weighted by Gasteiger charge is -1.98. The molecule has 0 saturated carbocycles. The first-order valence-electron chi connectivity index (χ1n) is 5.58. The van der Waals surface area contributed by atoms with E-state index in [1.165, 1.54) is 0 Å². The molecule has 0 fully saturated rings. The predicted molar refractivity (Wildman–Crippen MR) is 77.9 cm³/mol. The summed E-state index contributed by atoms with van der Waals surface area (Å²) in [4.78, 5) is 0. The summed E-state index contributed by atoms with van der Waals surface area (Å²) in [6.45, 7) is 0. The van der Waals surface area contributed by atoms with Gasteiger partial charge in [0.15, 0.2) is 0 Å². The smallest absolute Gasteiger partial charge is 0.248 e. The maximum absolute atomic E-state index is 5.96. The van der Waals surface area contributed by atoms with Crippen LogP contribution >= 0.6 is 27.5 Å². The SMILES string of the molecule is Clc1ccc(-c2nnc(-c3ccccc3)o2)cc1Br. The van der Waals surface area contributed by atoms with Crippen molar-refractivity contribution in [3.05, 3.63) is 58.0 Å². The molecule has 0 saturated heterocycles. The van der Waals surface area contributed by atoms with E-state index in [1.54, 1.807) is 6.07 Å². The molecule has 19 heavy (non-hydrogen) atoms. The molecule has 0 radical (unpaired) electrons. The first-order valence-corrected chi connectivity index (χ1v) is 6.75. The van der Waals surface area contributed by atoms with Gasteiger partial charge in [-0.3, -0.25) is 0 Å². The summed E-state index contributed by atoms with van der Waals surface area (Å²) in [6, 6.07) is 15.1. The molecule has 0 N–H and O–H groups in total. The third-order valence-electron chi connectivity index (χ3n) is 2.61. The molecular formula is C14H8BrClN2O. The van der Waals surface area contributed by atoms with Crippen LogP contribution in [0.15, 0.2) is 57.4 Å². The zero-order valence-corrected chi connectivity index (χ0v) is 12.0. The van der Waals surface area contributed by atoms with Gasteiger partial charge >= 0.3 is 0 Å². The van der Waals surface area contributed by atoms with Crippen LogP contribution in [-0.2, 0) is 0 Å². The van der Waals surface area contributed by atoms with Gasteiger partial charge in [-0.05, 0) is 46.3 Å². The van der Waals surface area contributed by atoms with Crippen LogP contribution in [0.5, 0.6) is 0 Å². The maximum Gasteiger partial charge on any atom is 0.248 e. The van der Waals surface area contributed by atoms with Gasteiger partial charge in [0.25, 0.3) is 0 Å². The van der Waals surface area contributed by atoms with Gasteiger partial charge < -0.3 is 4.42 Å². The second-order valence-electron chi connectivity index (χ2n) is 3.91. The molecule has 3 rings (SSSR count). The van der Waals surface area contributed by atoms with E-state index in [9.17, 15) is 0 Å². The Hall–Kier alpha value is -1.65. The summed E-state index contributed by atoms with van der Waals surface area (Å²) in [5, 5.41) is 8.75. The largest absolute Gasteiger partial charge is 0.416 e. The van der Waals surface area contributed by atoms with Gasteiger partial charge in [0.1, 0.15) is 0 Å². The summed E-state index contributed by atoms with van der Waals surface area (Å²) in [5.74, 6) is 0.970. The van der Waals surface area contributed by atoms with Crippen molar-refractivity contribution < 1.29 is 4.42 Å². The summed E-state index contributed by atoms with van der Waals surface area (Å²) < 4.78 is 6.46. The lowest BCUT2D eigenvalue weighted by atomic mass is 10.2. The molecule has 3 nitrogen and oxygen atoms in total. The van der Waals surface area contributed by atoms with Gasteiger partial charge in [-0.1, -0.05) is 29.8 Å². The number of rotatable bonds is 2. The lowest BCUT2D eigenvalue weighted by Crippen LogP contribution is -1.78.